The highest BCUT2D eigenvalue weighted by molar-refractivity contribution is 5.30. The van der Waals surface area contributed by atoms with Gasteiger partial charge in [-0.2, -0.15) is 0 Å². The first-order valence-electron chi connectivity index (χ1n) is 9.64. The van der Waals surface area contributed by atoms with E-state index < -0.39 is 0 Å². The molecule has 1 aromatic carbocycles. The number of benzene rings is 1. The van der Waals surface area contributed by atoms with Crippen LogP contribution in [0.5, 0.6) is 5.75 Å². The number of phenolic OH excluding ortho intramolecular Hbond substituents is 1. The predicted molar refractivity (Wildman–Crippen MR) is 101 cm³/mol. The summed E-state index contributed by atoms with van der Waals surface area (Å²) in [5, 5.41) is 9.91. The molecular weight excluding hydrogens is 282 g/mol. The summed E-state index contributed by atoms with van der Waals surface area (Å²) >= 11 is 0. The lowest BCUT2D eigenvalue weighted by atomic mass is 10.1. The molecule has 0 fully saturated rings. The van der Waals surface area contributed by atoms with E-state index in [1.54, 1.807) is 6.07 Å². The van der Waals surface area contributed by atoms with Crippen LogP contribution in [-0.2, 0) is 6.54 Å². The fraction of sp³-hybridized carbons (Fsp3) is 0.714. The van der Waals surface area contributed by atoms with E-state index in [4.69, 9.17) is 0 Å². The lowest BCUT2D eigenvalue weighted by molar-refractivity contribution is -0.903. The molecule has 0 saturated carbocycles. The third-order valence-corrected chi connectivity index (χ3v) is 4.71. The summed E-state index contributed by atoms with van der Waals surface area (Å²) in [5.74, 6) is 0.432. The molecule has 1 N–H and O–H groups in total. The Labute approximate surface area is 144 Å². The Bertz CT molecular complexity index is 414. The Morgan fingerprint density at radius 2 is 1.30 bits per heavy atom. The minimum atomic E-state index is 0.432. The van der Waals surface area contributed by atoms with Gasteiger partial charge in [0.25, 0.3) is 0 Å². The first-order valence-corrected chi connectivity index (χ1v) is 9.64. The van der Waals surface area contributed by atoms with E-state index >= 15 is 0 Å². The maximum absolute atomic E-state index is 9.91. The predicted octanol–water partition coefficient (Wildman–Crippen LogP) is 5.89. The Morgan fingerprint density at radius 1 is 0.783 bits per heavy atom. The van der Waals surface area contributed by atoms with Crippen LogP contribution in [0.4, 0.5) is 0 Å². The molecule has 0 amide bonds. The molecule has 2 nitrogen and oxygen atoms in total. The van der Waals surface area contributed by atoms with Gasteiger partial charge in [-0.05, 0) is 25.0 Å². The van der Waals surface area contributed by atoms with E-state index in [-0.39, 0.29) is 0 Å². The summed E-state index contributed by atoms with van der Waals surface area (Å²) in [5.41, 5.74) is 1.06. The van der Waals surface area contributed by atoms with Crippen LogP contribution in [0, 0.1) is 0 Å². The molecule has 0 heterocycles. The van der Waals surface area contributed by atoms with Crippen molar-refractivity contribution < 1.29 is 9.59 Å². The normalized spacial score (nSPS) is 11.8. The van der Waals surface area contributed by atoms with E-state index in [1.165, 1.54) is 70.8 Å². The average Bonchev–Trinajstić information content (AvgIpc) is 2.51. The first kappa shape index (κ1) is 20.0. The Balaban J connectivity index is 2.07. The average molecular weight is 321 g/mol. The van der Waals surface area contributed by atoms with Crippen LogP contribution >= 0.6 is 0 Å². The summed E-state index contributed by atoms with van der Waals surface area (Å²) in [6.07, 6.45) is 13.9. The number of para-hydroxylation sites is 1. The highest BCUT2D eigenvalue weighted by Gasteiger charge is 2.17. The van der Waals surface area contributed by atoms with Crippen LogP contribution in [0.3, 0.4) is 0 Å². The zero-order valence-corrected chi connectivity index (χ0v) is 15.7. The summed E-state index contributed by atoms with van der Waals surface area (Å²) in [7, 11) is 4.53. The molecule has 0 aromatic heterocycles. The minimum absolute atomic E-state index is 0.432. The van der Waals surface area contributed by atoms with Crippen LogP contribution < -0.4 is 0 Å². The second-order valence-corrected chi connectivity index (χ2v) is 7.63. The van der Waals surface area contributed by atoms with Crippen molar-refractivity contribution in [3.05, 3.63) is 29.8 Å². The van der Waals surface area contributed by atoms with Crippen molar-refractivity contribution in [3.63, 3.8) is 0 Å². The van der Waals surface area contributed by atoms with Gasteiger partial charge >= 0.3 is 0 Å². The second kappa shape index (κ2) is 11.5. The molecule has 1 aromatic rings. The summed E-state index contributed by atoms with van der Waals surface area (Å²) in [6, 6.07) is 7.72. The van der Waals surface area contributed by atoms with Crippen molar-refractivity contribution in [1.29, 1.82) is 0 Å². The lowest BCUT2D eigenvalue weighted by Crippen LogP contribution is -2.39. The van der Waals surface area contributed by atoms with Crippen molar-refractivity contribution in [2.75, 3.05) is 20.6 Å². The molecule has 23 heavy (non-hydrogen) atoms. The maximum Gasteiger partial charge on any atom is 0.124 e. The largest absolute Gasteiger partial charge is 0.507 e. The van der Waals surface area contributed by atoms with E-state index in [9.17, 15) is 5.11 Å². The Morgan fingerprint density at radius 3 is 1.87 bits per heavy atom. The van der Waals surface area contributed by atoms with Crippen molar-refractivity contribution in [2.24, 2.45) is 0 Å². The van der Waals surface area contributed by atoms with Crippen LogP contribution in [0.25, 0.3) is 0 Å². The number of quaternary nitrogens is 1. The SMILES string of the molecule is CCCCCCCCCCCC[N+](C)(C)Cc1ccccc1O. The highest BCUT2D eigenvalue weighted by atomic mass is 16.3. The molecule has 0 atom stereocenters. The summed E-state index contributed by atoms with van der Waals surface area (Å²) in [6.45, 7) is 4.37. The van der Waals surface area contributed by atoms with Crippen LogP contribution in [-0.4, -0.2) is 30.2 Å². The van der Waals surface area contributed by atoms with Gasteiger partial charge in [-0.3, -0.25) is 0 Å². The second-order valence-electron chi connectivity index (χ2n) is 7.63. The van der Waals surface area contributed by atoms with E-state index in [0.29, 0.717) is 5.75 Å². The molecule has 132 valence electrons. The number of rotatable bonds is 13. The van der Waals surface area contributed by atoms with Gasteiger partial charge < -0.3 is 9.59 Å². The minimum Gasteiger partial charge on any atom is -0.507 e. The molecule has 0 spiro atoms. The van der Waals surface area contributed by atoms with Gasteiger partial charge in [0.05, 0.1) is 20.6 Å². The molecule has 0 unspecified atom stereocenters. The molecule has 0 aliphatic carbocycles. The number of hydrogen-bond donors (Lipinski definition) is 1. The first-order chi connectivity index (χ1) is 11.0. The van der Waals surface area contributed by atoms with Crippen LogP contribution in [0.1, 0.15) is 76.7 Å². The summed E-state index contributed by atoms with van der Waals surface area (Å²) < 4.78 is 0.953. The molecule has 1 rings (SSSR count). The monoisotopic (exact) mass is 320 g/mol. The Hall–Kier alpha value is -1.02. The van der Waals surface area contributed by atoms with Crippen LogP contribution in [0.15, 0.2) is 24.3 Å². The summed E-state index contributed by atoms with van der Waals surface area (Å²) in [4.78, 5) is 0. The van der Waals surface area contributed by atoms with Gasteiger partial charge in [0.1, 0.15) is 12.3 Å². The van der Waals surface area contributed by atoms with Gasteiger partial charge in [0.2, 0.25) is 0 Å². The fourth-order valence-electron chi connectivity index (χ4n) is 3.21. The lowest BCUT2D eigenvalue weighted by Gasteiger charge is -2.30. The van der Waals surface area contributed by atoms with Gasteiger partial charge in [-0.25, -0.2) is 0 Å². The number of nitrogens with zero attached hydrogens (tertiary/aromatic N) is 1. The van der Waals surface area contributed by atoms with Gasteiger partial charge in [0, 0.05) is 5.56 Å². The fourth-order valence-corrected chi connectivity index (χ4v) is 3.21. The number of aromatic hydroxyl groups is 1. The number of unbranched alkanes of at least 4 members (excludes halogenated alkanes) is 9. The molecule has 0 aliphatic rings. The van der Waals surface area contributed by atoms with Crippen molar-refractivity contribution >= 4 is 0 Å². The van der Waals surface area contributed by atoms with Crippen molar-refractivity contribution in [1.82, 2.24) is 0 Å². The third kappa shape index (κ3) is 9.65. The maximum atomic E-state index is 9.91. The van der Waals surface area contributed by atoms with Gasteiger partial charge in [0.15, 0.2) is 0 Å². The topological polar surface area (TPSA) is 20.2 Å². The smallest absolute Gasteiger partial charge is 0.124 e. The molecule has 0 aliphatic heterocycles. The number of phenols is 1. The molecule has 0 saturated heterocycles. The quantitative estimate of drug-likeness (QED) is 0.355. The van der Waals surface area contributed by atoms with Gasteiger partial charge in [-0.1, -0.05) is 70.4 Å². The van der Waals surface area contributed by atoms with E-state index in [2.05, 4.69) is 21.0 Å². The molecule has 0 radical (unpaired) electrons. The van der Waals surface area contributed by atoms with Crippen LogP contribution in [0.2, 0.25) is 0 Å². The van der Waals surface area contributed by atoms with E-state index in [1.807, 2.05) is 18.2 Å². The van der Waals surface area contributed by atoms with E-state index in [0.717, 1.165) is 16.6 Å². The third-order valence-electron chi connectivity index (χ3n) is 4.71. The molecule has 0 bridgehead atoms. The zero-order valence-electron chi connectivity index (χ0n) is 15.7. The van der Waals surface area contributed by atoms with Crippen molar-refractivity contribution in [3.8, 4) is 5.75 Å². The zero-order chi connectivity index (χ0) is 17.0. The van der Waals surface area contributed by atoms with Gasteiger partial charge in [-0.15, -0.1) is 0 Å². The Kier molecular flexibility index (Phi) is 10.0. The standard InChI is InChI=1S/C21H37NO/c1-4-5-6-7-8-9-10-11-12-15-18-22(2,3)19-20-16-13-14-17-21(20)23/h13-14,16-17H,4-12,15,18-19H2,1-3H3/p+1. The molecular formula is C21H38NO+. The number of hydrogen-bond acceptors (Lipinski definition) is 1. The highest BCUT2D eigenvalue weighted by Crippen LogP contribution is 2.20. The molecule has 2 heteroatoms. The van der Waals surface area contributed by atoms with Crippen molar-refractivity contribution in [2.45, 2.75) is 77.7 Å².